The van der Waals surface area contributed by atoms with Crippen molar-refractivity contribution in [3.05, 3.63) is 60.2 Å². The van der Waals surface area contributed by atoms with E-state index in [4.69, 9.17) is 0 Å². The van der Waals surface area contributed by atoms with Crippen LogP contribution in [-0.4, -0.2) is 22.5 Å². The fraction of sp³-hybridized carbons (Fsp3) is 0.250. The monoisotopic (exact) mass is 416 g/mol. The van der Waals surface area contributed by atoms with Crippen LogP contribution in [0.5, 0.6) is 0 Å². The minimum atomic E-state index is -3.27. The lowest BCUT2D eigenvalue weighted by molar-refractivity contribution is 0.197. The van der Waals surface area contributed by atoms with Crippen LogP contribution in [0.2, 0.25) is 0 Å². The van der Waals surface area contributed by atoms with Crippen molar-refractivity contribution < 1.29 is 13.5 Å². The maximum absolute atomic E-state index is 11.8. The second-order valence-electron chi connectivity index (χ2n) is 4.74. The van der Waals surface area contributed by atoms with E-state index in [2.05, 4.69) is 0 Å². The molecule has 2 aromatic carbocycles. The summed E-state index contributed by atoms with van der Waals surface area (Å²) in [5.41, 5.74) is 2.74. The molecule has 0 aliphatic rings. The summed E-state index contributed by atoms with van der Waals surface area (Å²) in [4.78, 5) is 0. The fourth-order valence-corrected chi connectivity index (χ4v) is 4.37. The molecule has 112 valence electrons. The van der Waals surface area contributed by atoms with E-state index in [0.29, 0.717) is 5.56 Å². The first-order valence-corrected chi connectivity index (χ1v) is 9.61. The number of halogens is 1. The van der Waals surface area contributed by atoms with Crippen molar-refractivity contribution in [1.82, 2.24) is 0 Å². The summed E-state index contributed by atoms with van der Waals surface area (Å²) < 4.78 is 22.8. The predicted octanol–water partition coefficient (Wildman–Crippen LogP) is 3.58. The third kappa shape index (κ3) is 3.84. The van der Waals surface area contributed by atoms with E-state index in [9.17, 15) is 13.5 Å². The molecule has 3 nitrogen and oxygen atoms in total. The van der Waals surface area contributed by atoms with Gasteiger partial charge < -0.3 is 5.11 Å². The van der Waals surface area contributed by atoms with E-state index in [0.717, 1.165) is 11.1 Å². The minimum absolute atomic E-state index is 0.0275. The fourth-order valence-electron chi connectivity index (χ4n) is 2.01. The SMILES string of the molecule is CCS(=O)(=O)[C@@H](I)[C@H](O)c1ccc(-c2ccccc2)cc1. The van der Waals surface area contributed by atoms with Gasteiger partial charge in [0, 0.05) is 5.75 Å². The van der Waals surface area contributed by atoms with Gasteiger partial charge in [0.2, 0.25) is 0 Å². The summed E-state index contributed by atoms with van der Waals surface area (Å²) in [7, 11) is -3.27. The van der Waals surface area contributed by atoms with Crippen LogP contribution in [0.25, 0.3) is 11.1 Å². The van der Waals surface area contributed by atoms with Gasteiger partial charge in [-0.15, -0.1) is 0 Å². The van der Waals surface area contributed by atoms with Crippen LogP contribution in [0, 0.1) is 0 Å². The molecule has 0 aliphatic carbocycles. The van der Waals surface area contributed by atoms with Crippen molar-refractivity contribution >= 4 is 32.4 Å². The minimum Gasteiger partial charge on any atom is -0.386 e. The molecule has 0 spiro atoms. The number of hydrogen-bond acceptors (Lipinski definition) is 3. The molecule has 0 fully saturated rings. The Morgan fingerprint density at radius 3 is 2.05 bits per heavy atom. The van der Waals surface area contributed by atoms with Gasteiger partial charge in [0.25, 0.3) is 0 Å². The molecule has 0 heterocycles. The van der Waals surface area contributed by atoms with Crippen molar-refractivity contribution in [2.75, 3.05) is 5.75 Å². The van der Waals surface area contributed by atoms with Gasteiger partial charge in [-0.1, -0.05) is 84.1 Å². The summed E-state index contributed by atoms with van der Waals surface area (Å²) in [6.45, 7) is 1.59. The summed E-state index contributed by atoms with van der Waals surface area (Å²) in [5, 5.41) is 10.2. The maximum Gasteiger partial charge on any atom is 0.164 e. The number of aliphatic hydroxyl groups excluding tert-OH is 1. The third-order valence-electron chi connectivity index (χ3n) is 3.35. The highest BCUT2D eigenvalue weighted by Crippen LogP contribution is 2.29. The standard InChI is InChI=1S/C16H17IO3S/c1-2-21(19,20)16(17)15(18)14-10-8-13(9-11-14)12-6-4-3-5-7-12/h3-11,15-16,18H,2H2,1H3/t15-,16-/m1/s1. The molecule has 0 bridgehead atoms. The molecule has 2 rings (SSSR count). The topological polar surface area (TPSA) is 54.4 Å². The van der Waals surface area contributed by atoms with Gasteiger partial charge in [-0.2, -0.15) is 0 Å². The summed E-state index contributed by atoms with van der Waals surface area (Å²) in [6, 6.07) is 17.3. The van der Waals surface area contributed by atoms with Crippen LogP contribution < -0.4 is 0 Å². The molecule has 0 saturated carbocycles. The highest BCUT2D eigenvalue weighted by Gasteiger charge is 2.29. The number of benzene rings is 2. The molecule has 21 heavy (non-hydrogen) atoms. The Kier molecular flexibility index (Phi) is 5.40. The summed E-state index contributed by atoms with van der Waals surface area (Å²) in [5.74, 6) is 0.0275. The first kappa shape index (κ1) is 16.5. The van der Waals surface area contributed by atoms with Gasteiger partial charge in [-0.05, 0) is 16.7 Å². The Labute approximate surface area is 139 Å². The largest absolute Gasteiger partial charge is 0.386 e. The Morgan fingerprint density at radius 2 is 1.52 bits per heavy atom. The van der Waals surface area contributed by atoms with Gasteiger partial charge in [0.1, 0.15) is 9.36 Å². The van der Waals surface area contributed by atoms with Crippen LogP contribution in [0.15, 0.2) is 54.6 Å². The first-order valence-electron chi connectivity index (χ1n) is 6.65. The molecule has 5 heteroatoms. The molecule has 2 aromatic rings. The highest BCUT2D eigenvalue weighted by atomic mass is 127. The van der Waals surface area contributed by atoms with E-state index < -0.39 is 19.2 Å². The molecule has 0 aromatic heterocycles. The van der Waals surface area contributed by atoms with Gasteiger partial charge in [0.05, 0.1) is 0 Å². The van der Waals surface area contributed by atoms with E-state index in [1.54, 1.807) is 41.6 Å². The molecule has 0 unspecified atom stereocenters. The quantitative estimate of drug-likeness (QED) is 0.599. The predicted molar refractivity (Wildman–Crippen MR) is 94.1 cm³/mol. The zero-order valence-electron chi connectivity index (χ0n) is 11.6. The third-order valence-corrected chi connectivity index (χ3v) is 8.11. The van der Waals surface area contributed by atoms with Crippen molar-refractivity contribution in [2.24, 2.45) is 0 Å². The van der Waals surface area contributed by atoms with Gasteiger partial charge in [0.15, 0.2) is 9.84 Å². The van der Waals surface area contributed by atoms with E-state index in [1.807, 2.05) is 42.5 Å². The number of sulfone groups is 1. The van der Waals surface area contributed by atoms with Crippen molar-refractivity contribution in [3.8, 4) is 11.1 Å². The second-order valence-corrected chi connectivity index (χ2v) is 9.33. The lowest BCUT2D eigenvalue weighted by Crippen LogP contribution is -2.24. The Balaban J connectivity index is 2.23. The van der Waals surface area contributed by atoms with Crippen LogP contribution in [0.4, 0.5) is 0 Å². The normalized spacial score (nSPS) is 14.6. The molecule has 0 amide bonds. The molecular weight excluding hydrogens is 399 g/mol. The lowest BCUT2D eigenvalue weighted by Gasteiger charge is -2.17. The van der Waals surface area contributed by atoms with Crippen molar-refractivity contribution in [3.63, 3.8) is 0 Å². The van der Waals surface area contributed by atoms with Gasteiger partial charge in [-0.3, -0.25) is 0 Å². The number of rotatable bonds is 5. The smallest absolute Gasteiger partial charge is 0.164 e. The zero-order chi connectivity index (χ0) is 15.5. The number of aliphatic hydroxyl groups is 1. The Bertz CT molecular complexity index is 681. The molecule has 2 atom stereocenters. The number of alkyl halides is 1. The van der Waals surface area contributed by atoms with Crippen molar-refractivity contribution in [2.45, 2.75) is 16.3 Å². The molecule has 0 saturated heterocycles. The van der Waals surface area contributed by atoms with Gasteiger partial charge in [-0.25, -0.2) is 8.42 Å². The van der Waals surface area contributed by atoms with Crippen LogP contribution in [0.1, 0.15) is 18.6 Å². The van der Waals surface area contributed by atoms with E-state index in [-0.39, 0.29) is 5.75 Å². The lowest BCUT2D eigenvalue weighted by atomic mass is 10.0. The van der Waals surface area contributed by atoms with Crippen LogP contribution in [-0.2, 0) is 9.84 Å². The first-order chi connectivity index (χ1) is 9.95. The van der Waals surface area contributed by atoms with Crippen LogP contribution in [0.3, 0.4) is 0 Å². The Morgan fingerprint density at radius 1 is 1.00 bits per heavy atom. The van der Waals surface area contributed by atoms with E-state index in [1.165, 1.54) is 0 Å². The molecule has 1 N–H and O–H groups in total. The average Bonchev–Trinajstić information content (AvgIpc) is 2.54. The van der Waals surface area contributed by atoms with Crippen LogP contribution >= 0.6 is 22.6 Å². The summed E-state index contributed by atoms with van der Waals surface area (Å²) in [6.07, 6.45) is -1.01. The highest BCUT2D eigenvalue weighted by molar-refractivity contribution is 14.1. The summed E-state index contributed by atoms with van der Waals surface area (Å²) >= 11 is 1.80. The molecular formula is C16H17IO3S. The van der Waals surface area contributed by atoms with Gasteiger partial charge >= 0.3 is 0 Å². The van der Waals surface area contributed by atoms with E-state index >= 15 is 0 Å². The second kappa shape index (κ2) is 6.89. The Hall–Kier alpha value is -0.920. The maximum atomic E-state index is 11.8. The average molecular weight is 416 g/mol. The number of hydrogen-bond donors (Lipinski definition) is 1. The van der Waals surface area contributed by atoms with Crippen molar-refractivity contribution in [1.29, 1.82) is 0 Å². The molecule has 0 aliphatic heterocycles. The zero-order valence-corrected chi connectivity index (χ0v) is 14.6. The molecule has 0 radical (unpaired) electrons.